The molecule has 38 heavy (non-hydrogen) atoms. The number of esters is 1. The molecule has 6 nitrogen and oxygen atoms in total. The number of carbonyl (C=O) groups is 1. The van der Waals surface area contributed by atoms with Crippen LogP contribution in [-0.2, 0) is 14.3 Å². The number of pyridine rings is 1. The minimum absolute atomic E-state index is 0.262. The first-order chi connectivity index (χ1) is 17.7. The van der Waals surface area contributed by atoms with Gasteiger partial charge in [0, 0.05) is 42.5 Å². The van der Waals surface area contributed by atoms with Crippen molar-refractivity contribution in [1.29, 1.82) is 0 Å². The second-order valence-corrected chi connectivity index (χ2v) is 13.2. The smallest absolute Gasteiger partial charge is 0.337 e. The van der Waals surface area contributed by atoms with Gasteiger partial charge < -0.3 is 14.4 Å². The Morgan fingerprint density at radius 2 is 1.79 bits per heavy atom. The average Bonchev–Trinajstić information content (AvgIpc) is 2.81. The van der Waals surface area contributed by atoms with E-state index in [-0.39, 0.29) is 23.4 Å². The van der Waals surface area contributed by atoms with Crippen LogP contribution in [0.2, 0.25) is 0 Å². The molecule has 1 fully saturated rings. The Hall–Kier alpha value is -2.47. The lowest BCUT2D eigenvalue weighted by Gasteiger charge is -2.50. The second kappa shape index (κ2) is 11.7. The number of carbonyl (C=O) groups excluding carboxylic acids is 1. The van der Waals surface area contributed by atoms with E-state index >= 15 is 0 Å². The number of hydrogen-bond acceptors (Lipinski definition) is 6. The fourth-order valence-corrected chi connectivity index (χ4v) is 5.30. The van der Waals surface area contributed by atoms with E-state index in [4.69, 9.17) is 14.5 Å². The van der Waals surface area contributed by atoms with Gasteiger partial charge in [-0.15, -0.1) is 0 Å². The van der Waals surface area contributed by atoms with Crippen LogP contribution < -0.4 is 0 Å². The lowest BCUT2D eigenvalue weighted by molar-refractivity contribution is -0.176. The van der Waals surface area contributed by atoms with Crippen LogP contribution in [0.15, 0.2) is 47.4 Å². The molecule has 1 saturated heterocycles. The highest BCUT2D eigenvalue weighted by atomic mass is 16.6. The molecule has 0 spiro atoms. The van der Waals surface area contributed by atoms with Crippen molar-refractivity contribution in [3.05, 3.63) is 47.9 Å². The Bertz CT molecular complexity index is 1050. The van der Waals surface area contributed by atoms with Gasteiger partial charge in [-0.1, -0.05) is 45.9 Å². The molecule has 2 aliphatic rings. The Balaban J connectivity index is 2.38. The molecule has 0 aromatic carbocycles. The molecular formula is C32H49N3O3. The number of likely N-dealkylation sites (tertiary alicyclic amines) is 1. The van der Waals surface area contributed by atoms with Crippen LogP contribution in [-0.4, -0.2) is 59.0 Å². The Labute approximate surface area is 230 Å². The van der Waals surface area contributed by atoms with E-state index in [1.54, 1.807) is 6.20 Å². The van der Waals surface area contributed by atoms with Gasteiger partial charge in [0.1, 0.15) is 5.41 Å². The number of aliphatic imine (C=N–C) groups is 1. The van der Waals surface area contributed by atoms with E-state index in [1.165, 1.54) is 0 Å². The number of nitrogens with zero attached hydrogens (tertiary/aromatic N) is 3. The molecule has 3 heterocycles. The highest BCUT2D eigenvalue weighted by molar-refractivity contribution is 6.02. The minimum Gasteiger partial charge on any atom is -0.461 e. The molecule has 0 saturated carbocycles. The molecule has 1 aromatic rings. The van der Waals surface area contributed by atoms with Crippen LogP contribution in [0, 0.1) is 16.7 Å². The van der Waals surface area contributed by atoms with Gasteiger partial charge in [-0.05, 0) is 77.3 Å². The summed E-state index contributed by atoms with van der Waals surface area (Å²) >= 11 is 0. The summed E-state index contributed by atoms with van der Waals surface area (Å²) < 4.78 is 12.6. The van der Waals surface area contributed by atoms with Crippen molar-refractivity contribution in [2.45, 2.75) is 99.9 Å². The molecule has 210 valence electrons. The molecule has 0 amide bonds. The average molecular weight is 524 g/mol. The third-order valence-corrected chi connectivity index (χ3v) is 7.39. The molecule has 1 aromatic heterocycles. The number of dihydropyridines is 1. The first-order valence-electron chi connectivity index (χ1n) is 14.1. The minimum atomic E-state index is -0.922. The molecule has 6 heteroatoms. The Morgan fingerprint density at radius 3 is 2.32 bits per heavy atom. The summed E-state index contributed by atoms with van der Waals surface area (Å²) in [4.78, 5) is 26.0. The van der Waals surface area contributed by atoms with Crippen LogP contribution in [0.1, 0.15) is 87.6 Å². The first-order valence-corrected chi connectivity index (χ1v) is 14.1. The summed E-state index contributed by atoms with van der Waals surface area (Å²) in [5.74, 6) is -0.0819. The topological polar surface area (TPSA) is 64.0 Å². The monoisotopic (exact) mass is 523 g/mol. The van der Waals surface area contributed by atoms with Crippen molar-refractivity contribution in [1.82, 2.24) is 9.88 Å². The zero-order valence-corrected chi connectivity index (χ0v) is 25.3. The van der Waals surface area contributed by atoms with Gasteiger partial charge in [-0.25, -0.2) is 4.79 Å². The molecule has 2 aliphatic heterocycles. The summed E-state index contributed by atoms with van der Waals surface area (Å²) in [6.07, 6.45) is 9.03. The van der Waals surface area contributed by atoms with E-state index in [9.17, 15) is 4.79 Å². The molecule has 0 N–H and O–H groups in total. The SMILES string of the molecule is CC1=NCC(c2cccnc2)=C(N2CCC(C)(C)CC2)C1(/C=C/C(C)C)C(OC(C)(C)C)C(=O)OC(C)C. The van der Waals surface area contributed by atoms with Gasteiger partial charge >= 0.3 is 5.97 Å². The predicted octanol–water partition coefficient (Wildman–Crippen LogP) is 6.72. The first kappa shape index (κ1) is 30.1. The summed E-state index contributed by atoms with van der Waals surface area (Å²) in [7, 11) is 0. The summed E-state index contributed by atoms with van der Waals surface area (Å²) in [6.45, 7) is 23.1. The number of hydrogen-bond donors (Lipinski definition) is 0. The molecule has 0 aliphatic carbocycles. The fraction of sp³-hybridized carbons (Fsp3) is 0.656. The summed E-state index contributed by atoms with van der Waals surface area (Å²) in [5.41, 5.74) is 2.86. The number of ether oxygens (including phenoxy) is 2. The van der Waals surface area contributed by atoms with Gasteiger partial charge in [0.15, 0.2) is 6.10 Å². The van der Waals surface area contributed by atoms with Gasteiger partial charge in [0.05, 0.1) is 18.2 Å². The maximum atomic E-state index is 14.0. The van der Waals surface area contributed by atoms with E-state index in [0.717, 1.165) is 48.5 Å². The van der Waals surface area contributed by atoms with E-state index < -0.39 is 17.1 Å². The normalized spacial score (nSPS) is 23.3. The van der Waals surface area contributed by atoms with Crippen molar-refractivity contribution < 1.29 is 14.3 Å². The maximum absolute atomic E-state index is 14.0. The Morgan fingerprint density at radius 1 is 1.13 bits per heavy atom. The highest BCUT2D eigenvalue weighted by Gasteiger charge is 2.54. The zero-order chi connectivity index (χ0) is 28.3. The van der Waals surface area contributed by atoms with E-state index in [0.29, 0.717) is 6.54 Å². The third-order valence-electron chi connectivity index (χ3n) is 7.39. The number of piperidine rings is 1. The van der Waals surface area contributed by atoms with Crippen molar-refractivity contribution in [2.75, 3.05) is 19.6 Å². The van der Waals surface area contributed by atoms with Crippen LogP contribution >= 0.6 is 0 Å². The summed E-state index contributed by atoms with van der Waals surface area (Å²) in [5, 5.41) is 0. The van der Waals surface area contributed by atoms with Crippen molar-refractivity contribution in [2.24, 2.45) is 21.7 Å². The van der Waals surface area contributed by atoms with E-state index in [2.05, 4.69) is 55.8 Å². The van der Waals surface area contributed by atoms with Crippen molar-refractivity contribution in [3.63, 3.8) is 0 Å². The number of rotatable bonds is 8. The van der Waals surface area contributed by atoms with E-state index in [1.807, 2.05) is 53.8 Å². The van der Waals surface area contributed by atoms with Gasteiger partial charge in [0.2, 0.25) is 0 Å². The van der Waals surface area contributed by atoms with Gasteiger partial charge in [0.25, 0.3) is 0 Å². The maximum Gasteiger partial charge on any atom is 0.337 e. The Kier molecular flexibility index (Phi) is 9.28. The zero-order valence-electron chi connectivity index (χ0n) is 25.3. The standard InChI is InChI=1S/C32H49N3O3/c1-22(2)13-14-32(28(38-30(6,7)8)29(36)37-23(3)4)24(5)34-21-26(25-12-11-17-33-20-25)27(32)35-18-15-31(9,10)16-19-35/h11-14,17,20,22-23,28H,15-16,18-19,21H2,1-10H3/b14-13+. The van der Waals surface area contributed by atoms with Crippen LogP contribution in [0.5, 0.6) is 0 Å². The molecule has 0 radical (unpaired) electrons. The quantitative estimate of drug-likeness (QED) is 0.279. The lowest BCUT2D eigenvalue weighted by atomic mass is 9.68. The summed E-state index contributed by atoms with van der Waals surface area (Å²) in [6, 6.07) is 4.06. The molecule has 2 atom stereocenters. The molecule has 3 rings (SSSR count). The van der Waals surface area contributed by atoms with Crippen LogP contribution in [0.3, 0.4) is 0 Å². The largest absolute Gasteiger partial charge is 0.461 e. The van der Waals surface area contributed by atoms with Crippen LogP contribution in [0.25, 0.3) is 5.57 Å². The lowest BCUT2D eigenvalue weighted by Crippen LogP contribution is -2.56. The fourth-order valence-electron chi connectivity index (χ4n) is 5.30. The van der Waals surface area contributed by atoms with Crippen molar-refractivity contribution >= 4 is 17.3 Å². The highest BCUT2D eigenvalue weighted by Crippen LogP contribution is 2.48. The molecular weight excluding hydrogens is 474 g/mol. The third kappa shape index (κ3) is 6.93. The van der Waals surface area contributed by atoms with Gasteiger partial charge in [-0.3, -0.25) is 9.98 Å². The number of aromatic nitrogens is 1. The second-order valence-electron chi connectivity index (χ2n) is 13.2. The molecule has 2 unspecified atom stereocenters. The number of allylic oxidation sites excluding steroid dienone is 1. The molecule has 0 bridgehead atoms. The van der Waals surface area contributed by atoms with Crippen molar-refractivity contribution in [3.8, 4) is 0 Å². The predicted molar refractivity (Wildman–Crippen MR) is 156 cm³/mol. The van der Waals surface area contributed by atoms with Crippen LogP contribution in [0.4, 0.5) is 0 Å². The van der Waals surface area contributed by atoms with Gasteiger partial charge in [-0.2, -0.15) is 0 Å².